The van der Waals surface area contributed by atoms with Crippen molar-refractivity contribution in [2.75, 3.05) is 5.32 Å². The summed E-state index contributed by atoms with van der Waals surface area (Å²) in [5.74, 6) is -0.723. The van der Waals surface area contributed by atoms with Crippen molar-refractivity contribution in [2.24, 2.45) is 15.9 Å². The first kappa shape index (κ1) is 18.0. The van der Waals surface area contributed by atoms with Gasteiger partial charge in [0.2, 0.25) is 5.96 Å². The fraction of sp³-hybridized carbons (Fsp3) is 0. The number of anilines is 1. The van der Waals surface area contributed by atoms with E-state index in [1.165, 1.54) is 47.9 Å². The molecule has 0 saturated heterocycles. The van der Waals surface area contributed by atoms with Gasteiger partial charge in [0.1, 0.15) is 0 Å². The molecule has 5 N–H and O–H groups in total. The van der Waals surface area contributed by atoms with Crippen LogP contribution in [-0.4, -0.2) is 20.2 Å². The zero-order chi connectivity index (χ0) is 17.7. The van der Waals surface area contributed by atoms with Crippen molar-refractivity contribution in [1.82, 2.24) is 0 Å². The molecule has 2 rings (SSSR count). The summed E-state index contributed by atoms with van der Waals surface area (Å²) in [7, 11) is -3.92. The molecule has 0 aliphatic heterocycles. The number of hydrogen-bond acceptors (Lipinski definition) is 5. The first-order valence-electron chi connectivity index (χ1n) is 6.47. The lowest BCUT2D eigenvalue weighted by molar-refractivity contribution is 0.105. The van der Waals surface area contributed by atoms with E-state index in [0.717, 1.165) is 0 Å². The molecule has 10 heteroatoms. The van der Waals surface area contributed by atoms with E-state index in [-0.39, 0.29) is 10.7 Å². The van der Waals surface area contributed by atoms with Gasteiger partial charge in [-0.25, -0.2) is 0 Å². The quantitative estimate of drug-likeness (QED) is 0.303. The number of sulfonamides is 1. The summed E-state index contributed by atoms with van der Waals surface area (Å²) in [4.78, 5) is 12.3. The van der Waals surface area contributed by atoms with Crippen LogP contribution in [0.4, 0.5) is 5.69 Å². The molecule has 0 unspecified atom stereocenters. The second kappa shape index (κ2) is 7.47. The van der Waals surface area contributed by atoms with Crippen LogP contribution in [0, 0.1) is 0 Å². The topological polar surface area (TPSA) is 128 Å². The number of nitrogens with zero attached hydrogens (tertiary/aromatic N) is 1. The highest BCUT2D eigenvalue weighted by Crippen LogP contribution is 2.22. The molecule has 126 valence electrons. The van der Waals surface area contributed by atoms with Crippen molar-refractivity contribution in [3.63, 3.8) is 0 Å². The van der Waals surface area contributed by atoms with Crippen molar-refractivity contribution in [3.8, 4) is 0 Å². The molecule has 0 fully saturated rings. The summed E-state index contributed by atoms with van der Waals surface area (Å²) >= 11 is 6.96. The van der Waals surface area contributed by atoms with Crippen molar-refractivity contribution < 1.29 is 13.2 Å². The monoisotopic (exact) mass is 384 g/mol. The number of rotatable bonds is 6. The zero-order valence-electron chi connectivity index (χ0n) is 12.1. The van der Waals surface area contributed by atoms with E-state index in [0.29, 0.717) is 14.9 Å². The Morgan fingerprint density at radius 3 is 2.38 bits per heavy atom. The summed E-state index contributed by atoms with van der Waals surface area (Å²) in [6, 6.07) is 9.02. The molecule has 1 aromatic heterocycles. The van der Waals surface area contributed by atoms with Crippen LogP contribution >= 0.6 is 22.9 Å². The Morgan fingerprint density at radius 2 is 1.83 bits per heavy atom. The second-order valence-corrected chi connectivity index (χ2v) is 7.78. The highest BCUT2D eigenvalue weighted by Gasteiger charge is 2.12. The highest BCUT2D eigenvalue weighted by atomic mass is 35.5. The molecular formula is C14H13ClN4O3S2. The van der Waals surface area contributed by atoms with Crippen molar-refractivity contribution in [1.29, 1.82) is 0 Å². The van der Waals surface area contributed by atoms with Gasteiger partial charge in [0.15, 0.2) is 5.78 Å². The average molecular weight is 385 g/mol. The van der Waals surface area contributed by atoms with E-state index in [1.54, 1.807) is 12.1 Å². The van der Waals surface area contributed by atoms with Crippen LogP contribution in [0.2, 0.25) is 4.34 Å². The lowest BCUT2D eigenvalue weighted by atomic mass is 10.3. The summed E-state index contributed by atoms with van der Waals surface area (Å²) in [6.45, 7) is 0. The first-order chi connectivity index (χ1) is 11.3. The fourth-order valence-electron chi connectivity index (χ4n) is 1.66. The van der Waals surface area contributed by atoms with Crippen LogP contribution in [0.5, 0.6) is 0 Å². The minimum atomic E-state index is -3.92. The predicted octanol–water partition coefficient (Wildman–Crippen LogP) is 2.17. The molecule has 0 saturated carbocycles. The van der Waals surface area contributed by atoms with E-state index in [4.69, 9.17) is 23.1 Å². The summed E-state index contributed by atoms with van der Waals surface area (Å²) < 4.78 is 27.3. The molecule has 0 amide bonds. The van der Waals surface area contributed by atoms with Gasteiger partial charge in [0, 0.05) is 18.0 Å². The molecule has 0 spiro atoms. The molecule has 0 bridgehead atoms. The summed E-state index contributed by atoms with van der Waals surface area (Å²) in [5.41, 5.74) is 10.7. The largest absolute Gasteiger partial charge is 0.369 e. The number of nitrogens with two attached hydrogens (primary N) is 2. The maximum Gasteiger partial charge on any atom is 0.285 e. The number of allylic oxidation sites excluding steroid dienone is 1. The SMILES string of the molecule is NC(N)=NS(=O)(=O)c1ccc(NC=CC(=O)c2ccc(Cl)s2)cc1. The van der Waals surface area contributed by atoms with Crippen molar-refractivity contribution >= 4 is 50.4 Å². The normalized spacial score (nSPS) is 11.4. The number of hydrogen-bond donors (Lipinski definition) is 3. The first-order valence-corrected chi connectivity index (χ1v) is 9.10. The molecule has 7 nitrogen and oxygen atoms in total. The summed E-state index contributed by atoms with van der Waals surface area (Å²) in [6.07, 6.45) is 2.81. The molecule has 0 atom stereocenters. The third kappa shape index (κ3) is 4.82. The van der Waals surface area contributed by atoms with E-state index in [2.05, 4.69) is 9.71 Å². The second-order valence-electron chi connectivity index (χ2n) is 4.46. The lowest BCUT2D eigenvalue weighted by Gasteiger charge is -2.03. The Labute approximate surface area is 147 Å². The molecule has 1 aromatic carbocycles. The van der Waals surface area contributed by atoms with Gasteiger partial charge >= 0.3 is 0 Å². The average Bonchev–Trinajstić information content (AvgIpc) is 2.93. The lowest BCUT2D eigenvalue weighted by Crippen LogP contribution is -2.24. The minimum Gasteiger partial charge on any atom is -0.369 e. The van der Waals surface area contributed by atoms with E-state index in [1.807, 2.05) is 0 Å². The number of guanidine groups is 1. The third-order valence-corrected chi connectivity index (χ3v) is 5.24. The predicted molar refractivity (Wildman–Crippen MR) is 95.9 cm³/mol. The maximum absolute atomic E-state index is 11.8. The Kier molecular flexibility index (Phi) is 5.60. The van der Waals surface area contributed by atoms with Gasteiger partial charge in [0.25, 0.3) is 10.0 Å². The summed E-state index contributed by atoms with van der Waals surface area (Å²) in [5, 5.41) is 2.86. The number of carbonyl (C=O) groups is 1. The van der Waals surface area contributed by atoms with E-state index < -0.39 is 16.0 Å². The molecule has 0 aliphatic carbocycles. The Bertz CT molecular complexity index is 898. The van der Waals surface area contributed by atoms with Crippen molar-refractivity contribution in [2.45, 2.75) is 4.90 Å². The Balaban J connectivity index is 2.03. The number of halogens is 1. The molecular weight excluding hydrogens is 372 g/mol. The van der Waals surface area contributed by atoms with Gasteiger partial charge < -0.3 is 16.8 Å². The molecule has 2 aromatic rings. The number of benzene rings is 1. The molecule has 1 heterocycles. The van der Waals surface area contributed by atoms with Crippen LogP contribution in [0.1, 0.15) is 9.67 Å². The maximum atomic E-state index is 11.8. The number of ketones is 1. The van der Waals surface area contributed by atoms with Gasteiger partial charge in [0.05, 0.1) is 14.1 Å². The smallest absolute Gasteiger partial charge is 0.285 e. The van der Waals surface area contributed by atoms with Gasteiger partial charge in [-0.1, -0.05) is 11.6 Å². The van der Waals surface area contributed by atoms with E-state index in [9.17, 15) is 13.2 Å². The molecule has 0 radical (unpaired) electrons. The van der Waals surface area contributed by atoms with E-state index >= 15 is 0 Å². The highest BCUT2D eigenvalue weighted by molar-refractivity contribution is 7.90. The third-order valence-electron chi connectivity index (χ3n) is 2.68. The standard InChI is InChI=1S/C14H13ClN4O3S2/c15-13-6-5-12(23-13)11(20)7-8-18-9-1-3-10(4-2-9)24(21,22)19-14(16)17/h1-8,18H,(H4,16,17,19). The fourth-order valence-corrected chi connectivity index (χ4v) is 3.48. The zero-order valence-corrected chi connectivity index (χ0v) is 14.5. The van der Waals surface area contributed by atoms with Gasteiger partial charge in [-0.05, 0) is 36.4 Å². The van der Waals surface area contributed by atoms with Gasteiger partial charge in [-0.3, -0.25) is 4.79 Å². The van der Waals surface area contributed by atoms with Gasteiger partial charge in [-0.2, -0.15) is 8.42 Å². The van der Waals surface area contributed by atoms with Crippen LogP contribution in [0.15, 0.2) is 58.0 Å². The number of thiophene rings is 1. The van der Waals surface area contributed by atoms with Crippen LogP contribution in [-0.2, 0) is 10.0 Å². The Hall–Kier alpha value is -2.36. The van der Waals surface area contributed by atoms with Crippen LogP contribution < -0.4 is 16.8 Å². The molecule has 0 aliphatic rings. The van der Waals surface area contributed by atoms with Crippen LogP contribution in [0.25, 0.3) is 0 Å². The van der Waals surface area contributed by atoms with Crippen molar-refractivity contribution in [3.05, 3.63) is 57.9 Å². The number of carbonyl (C=O) groups excluding carboxylic acids is 1. The molecule has 24 heavy (non-hydrogen) atoms. The van der Waals surface area contributed by atoms with Crippen LogP contribution in [0.3, 0.4) is 0 Å². The van der Waals surface area contributed by atoms with Gasteiger partial charge in [-0.15, -0.1) is 15.7 Å². The minimum absolute atomic E-state index is 0.0465. The Morgan fingerprint density at radius 1 is 1.17 bits per heavy atom. The number of nitrogens with one attached hydrogen (secondary N) is 1.